The van der Waals surface area contributed by atoms with Gasteiger partial charge in [0.25, 0.3) is 0 Å². The summed E-state index contributed by atoms with van der Waals surface area (Å²) in [6, 6.07) is 3.63. The van der Waals surface area contributed by atoms with Crippen LogP contribution in [0.5, 0.6) is 5.75 Å². The number of rotatable bonds is 4. The van der Waals surface area contributed by atoms with Crippen LogP contribution in [0.3, 0.4) is 0 Å². The van der Waals surface area contributed by atoms with E-state index in [1.807, 2.05) is 0 Å². The van der Waals surface area contributed by atoms with Crippen LogP contribution in [0.4, 0.5) is 5.69 Å². The third-order valence-electron chi connectivity index (χ3n) is 2.67. The smallest absolute Gasteiger partial charge is 0.337 e. The molecule has 1 heterocycles. The normalized spacial score (nSPS) is 14.4. The molecule has 106 valence electrons. The van der Waals surface area contributed by atoms with Gasteiger partial charge in [-0.25, -0.2) is 4.79 Å². The highest BCUT2D eigenvalue weighted by molar-refractivity contribution is 8.00. The maximum Gasteiger partial charge on any atom is 0.337 e. The van der Waals surface area contributed by atoms with Crippen LogP contribution in [0.1, 0.15) is 10.4 Å². The number of hydrogen-bond donors (Lipinski definition) is 3. The van der Waals surface area contributed by atoms with Crippen molar-refractivity contribution in [1.29, 1.82) is 0 Å². The van der Waals surface area contributed by atoms with Crippen LogP contribution in [-0.2, 0) is 9.59 Å². The molecule has 3 N–H and O–H groups in total. The van der Waals surface area contributed by atoms with Crippen molar-refractivity contribution in [3.05, 3.63) is 23.8 Å². The molecule has 1 aromatic rings. The van der Waals surface area contributed by atoms with Gasteiger partial charge in [-0.2, -0.15) is 0 Å². The minimum atomic E-state index is -1.26. The van der Waals surface area contributed by atoms with Crippen LogP contribution >= 0.6 is 11.8 Å². The lowest BCUT2D eigenvalue weighted by Gasteiger charge is -2.15. The summed E-state index contributed by atoms with van der Waals surface area (Å²) in [5.74, 6) is -1.25. The zero-order valence-corrected chi connectivity index (χ0v) is 11.1. The summed E-state index contributed by atoms with van der Waals surface area (Å²) in [5, 5.41) is 20.7. The number of aromatic carboxylic acids is 1. The van der Waals surface area contributed by atoms with E-state index in [-0.39, 0.29) is 29.5 Å². The van der Waals surface area contributed by atoms with Crippen molar-refractivity contribution >= 4 is 35.2 Å². The van der Waals surface area contributed by atoms with Crippen LogP contribution in [0.25, 0.3) is 0 Å². The van der Waals surface area contributed by atoms with E-state index in [4.69, 9.17) is 5.11 Å². The predicted molar refractivity (Wildman–Crippen MR) is 72.7 cm³/mol. The SMILES string of the molecule is O=C(CN1CSCC1=O)Nc1ccc(O)cc1C(=O)O. The molecule has 0 spiro atoms. The van der Waals surface area contributed by atoms with Crippen molar-refractivity contribution in [2.75, 3.05) is 23.5 Å². The Bertz CT molecular complexity index is 575. The van der Waals surface area contributed by atoms with Crippen LogP contribution in [-0.4, -0.2) is 51.1 Å². The van der Waals surface area contributed by atoms with Crippen LogP contribution < -0.4 is 5.32 Å². The fourth-order valence-corrected chi connectivity index (χ4v) is 2.63. The quantitative estimate of drug-likeness (QED) is 0.701. The van der Waals surface area contributed by atoms with Gasteiger partial charge in [0.2, 0.25) is 11.8 Å². The van der Waals surface area contributed by atoms with Crippen molar-refractivity contribution in [2.45, 2.75) is 0 Å². The van der Waals surface area contributed by atoms with Crippen molar-refractivity contribution < 1.29 is 24.6 Å². The Morgan fingerprint density at radius 3 is 2.75 bits per heavy atom. The molecule has 0 saturated carbocycles. The second kappa shape index (κ2) is 5.83. The van der Waals surface area contributed by atoms with Gasteiger partial charge < -0.3 is 20.4 Å². The molecule has 0 aromatic heterocycles. The van der Waals surface area contributed by atoms with Crippen molar-refractivity contribution in [2.24, 2.45) is 0 Å². The maximum atomic E-state index is 11.8. The second-order valence-corrected chi connectivity index (χ2v) is 5.11. The number of hydrogen-bond acceptors (Lipinski definition) is 5. The fourth-order valence-electron chi connectivity index (χ4n) is 1.72. The van der Waals surface area contributed by atoms with E-state index in [9.17, 15) is 19.5 Å². The molecule has 1 aromatic carbocycles. The summed E-state index contributed by atoms with van der Waals surface area (Å²) in [5.41, 5.74) is -0.125. The molecule has 8 heteroatoms. The van der Waals surface area contributed by atoms with Gasteiger partial charge in [0.1, 0.15) is 12.3 Å². The number of amides is 2. The molecule has 2 rings (SSSR count). The van der Waals surface area contributed by atoms with Gasteiger partial charge in [0.15, 0.2) is 0 Å². The minimum Gasteiger partial charge on any atom is -0.508 e. The van der Waals surface area contributed by atoms with E-state index in [0.29, 0.717) is 11.6 Å². The second-order valence-electron chi connectivity index (χ2n) is 4.15. The van der Waals surface area contributed by atoms with Gasteiger partial charge in [-0.1, -0.05) is 0 Å². The molecule has 1 aliphatic rings. The standard InChI is InChI=1S/C12H12N2O5S/c15-7-1-2-9(8(3-7)12(18)19)13-10(16)4-14-6-20-5-11(14)17/h1-3,15H,4-6H2,(H,13,16)(H,18,19). The van der Waals surface area contributed by atoms with Gasteiger partial charge in [-0.3, -0.25) is 9.59 Å². The van der Waals surface area contributed by atoms with E-state index in [2.05, 4.69) is 5.32 Å². The topological polar surface area (TPSA) is 107 Å². The molecule has 1 fully saturated rings. The number of nitrogens with zero attached hydrogens (tertiary/aromatic N) is 1. The Kier molecular flexibility index (Phi) is 4.14. The molecular weight excluding hydrogens is 284 g/mol. The summed E-state index contributed by atoms with van der Waals surface area (Å²) >= 11 is 1.42. The van der Waals surface area contributed by atoms with Gasteiger partial charge in [-0.05, 0) is 18.2 Å². The summed E-state index contributed by atoms with van der Waals surface area (Å²) in [6.07, 6.45) is 0. The lowest BCUT2D eigenvalue weighted by atomic mass is 10.1. The number of carboxylic acids is 1. The van der Waals surface area contributed by atoms with Gasteiger partial charge in [0, 0.05) is 0 Å². The predicted octanol–water partition coefficient (Wildman–Crippen LogP) is 0.562. The molecular formula is C12H12N2O5S. The summed E-state index contributed by atoms with van der Waals surface area (Å²) in [7, 11) is 0. The van der Waals surface area contributed by atoms with Gasteiger partial charge in [-0.15, -0.1) is 11.8 Å². The van der Waals surface area contributed by atoms with E-state index in [1.54, 1.807) is 0 Å². The molecule has 1 aliphatic heterocycles. The number of phenols is 1. The molecule has 0 aliphatic carbocycles. The van der Waals surface area contributed by atoms with Crippen LogP contribution in [0.15, 0.2) is 18.2 Å². The molecule has 1 saturated heterocycles. The lowest BCUT2D eigenvalue weighted by molar-refractivity contribution is -0.130. The Balaban J connectivity index is 2.07. The highest BCUT2D eigenvalue weighted by atomic mass is 32.2. The zero-order valence-electron chi connectivity index (χ0n) is 10.3. The molecule has 0 unspecified atom stereocenters. The average molecular weight is 296 g/mol. The fraction of sp³-hybridized carbons (Fsp3) is 0.250. The third kappa shape index (κ3) is 3.21. The number of anilines is 1. The number of thioether (sulfide) groups is 1. The van der Waals surface area contributed by atoms with Gasteiger partial charge >= 0.3 is 5.97 Å². The molecule has 20 heavy (non-hydrogen) atoms. The minimum absolute atomic E-state index is 0.0830. The average Bonchev–Trinajstić information content (AvgIpc) is 2.77. The first kappa shape index (κ1) is 14.2. The molecule has 2 amide bonds. The van der Waals surface area contributed by atoms with Crippen molar-refractivity contribution in [3.8, 4) is 5.75 Å². The first-order chi connectivity index (χ1) is 9.47. The largest absolute Gasteiger partial charge is 0.508 e. The highest BCUT2D eigenvalue weighted by Crippen LogP contribution is 2.21. The number of carbonyl (C=O) groups excluding carboxylic acids is 2. The maximum absolute atomic E-state index is 11.8. The number of phenolic OH excluding ortho intramolecular Hbond substituents is 1. The highest BCUT2D eigenvalue weighted by Gasteiger charge is 2.23. The Hall–Kier alpha value is -2.22. The Morgan fingerprint density at radius 1 is 1.40 bits per heavy atom. The van der Waals surface area contributed by atoms with Crippen molar-refractivity contribution in [3.63, 3.8) is 0 Å². The summed E-state index contributed by atoms with van der Waals surface area (Å²) in [4.78, 5) is 35.6. The van der Waals surface area contributed by atoms with Crippen molar-refractivity contribution in [1.82, 2.24) is 4.90 Å². The zero-order chi connectivity index (χ0) is 14.7. The van der Waals surface area contributed by atoms with E-state index >= 15 is 0 Å². The molecule has 7 nitrogen and oxygen atoms in total. The first-order valence-electron chi connectivity index (χ1n) is 5.69. The van der Waals surface area contributed by atoms with Crippen LogP contribution in [0, 0.1) is 0 Å². The molecule has 0 bridgehead atoms. The first-order valence-corrected chi connectivity index (χ1v) is 6.84. The Morgan fingerprint density at radius 2 is 2.15 bits per heavy atom. The molecule has 0 atom stereocenters. The summed E-state index contributed by atoms with van der Waals surface area (Å²) in [6.45, 7) is -0.119. The van der Waals surface area contributed by atoms with E-state index in [0.717, 1.165) is 6.07 Å². The van der Waals surface area contributed by atoms with E-state index < -0.39 is 11.9 Å². The monoisotopic (exact) mass is 296 g/mol. The molecule has 0 radical (unpaired) electrons. The lowest BCUT2D eigenvalue weighted by Crippen LogP contribution is -2.34. The third-order valence-corrected chi connectivity index (χ3v) is 3.61. The van der Waals surface area contributed by atoms with E-state index in [1.165, 1.54) is 28.8 Å². The Labute approximate surface area is 118 Å². The number of carboxylic acid groups (broad SMARTS) is 1. The van der Waals surface area contributed by atoms with Crippen LogP contribution in [0.2, 0.25) is 0 Å². The number of nitrogens with one attached hydrogen (secondary N) is 1. The number of benzene rings is 1. The number of carbonyl (C=O) groups is 3. The number of aromatic hydroxyl groups is 1. The summed E-state index contributed by atoms with van der Waals surface area (Å²) < 4.78 is 0. The van der Waals surface area contributed by atoms with Gasteiger partial charge in [0.05, 0.1) is 22.9 Å².